The minimum Gasteiger partial charge on any atom is -0.457 e. The highest BCUT2D eigenvalue weighted by atomic mass is 19.4. The summed E-state index contributed by atoms with van der Waals surface area (Å²) in [6.07, 6.45) is -4.46. The number of hydrogen-bond acceptors (Lipinski definition) is 4. The molecule has 2 heterocycles. The van der Waals surface area contributed by atoms with Crippen LogP contribution < -0.4 is 5.32 Å². The van der Waals surface area contributed by atoms with Crippen molar-refractivity contribution in [3.63, 3.8) is 0 Å². The third-order valence-electron chi connectivity index (χ3n) is 5.67. The van der Waals surface area contributed by atoms with E-state index in [1.54, 1.807) is 24.3 Å². The minimum atomic E-state index is -4.46. The number of aryl methyl sites for hydroxylation is 1. The second kappa shape index (κ2) is 8.43. The van der Waals surface area contributed by atoms with Gasteiger partial charge in [-0.1, -0.05) is 29.8 Å². The van der Waals surface area contributed by atoms with Gasteiger partial charge in [0.1, 0.15) is 6.61 Å². The number of aromatic nitrogens is 2. The Labute approximate surface area is 198 Å². The zero-order valence-corrected chi connectivity index (χ0v) is 18.4. The summed E-state index contributed by atoms with van der Waals surface area (Å²) in [5.41, 5.74) is 3.59. The number of alkyl halides is 3. The normalized spacial score (nSPS) is 12.9. The SMILES string of the molecule is Cc1ccc(-c2cc(C(=O)Nc3ccc4c(c3)COC4=O)nn2-c2ccc(C(F)(F)F)cc2)cc1. The molecule has 0 saturated heterocycles. The summed E-state index contributed by atoms with van der Waals surface area (Å²) in [4.78, 5) is 24.7. The molecule has 0 spiro atoms. The van der Waals surface area contributed by atoms with Crippen molar-refractivity contribution in [2.45, 2.75) is 19.7 Å². The topological polar surface area (TPSA) is 73.2 Å². The van der Waals surface area contributed by atoms with Crippen LogP contribution in [0.1, 0.15) is 37.5 Å². The fraction of sp³-hybridized carbons (Fsp3) is 0.115. The summed E-state index contributed by atoms with van der Waals surface area (Å²) in [6, 6.07) is 18.5. The molecule has 1 amide bonds. The molecule has 0 atom stereocenters. The minimum absolute atomic E-state index is 0.0771. The van der Waals surface area contributed by atoms with Crippen molar-refractivity contribution in [3.8, 4) is 16.9 Å². The Bertz CT molecular complexity index is 1440. The van der Waals surface area contributed by atoms with E-state index in [-0.39, 0.29) is 12.3 Å². The van der Waals surface area contributed by atoms with Gasteiger partial charge in [-0.25, -0.2) is 9.48 Å². The van der Waals surface area contributed by atoms with Crippen LogP contribution in [0.4, 0.5) is 18.9 Å². The van der Waals surface area contributed by atoms with Gasteiger partial charge < -0.3 is 10.1 Å². The summed E-state index contributed by atoms with van der Waals surface area (Å²) in [5.74, 6) is -0.912. The standard InChI is InChI=1S/C26H18F3N3O3/c1-15-2-4-16(5-3-15)23-13-22(31-32(23)20-9-6-18(7-10-20)26(27,28)29)24(33)30-19-8-11-21-17(12-19)14-35-25(21)34/h2-13H,14H2,1H3,(H,30,33). The van der Waals surface area contributed by atoms with Crippen LogP contribution in [0.2, 0.25) is 0 Å². The fourth-order valence-electron chi connectivity index (χ4n) is 3.82. The maximum Gasteiger partial charge on any atom is 0.416 e. The number of amides is 1. The maximum atomic E-state index is 13.0. The molecule has 4 aromatic rings. The molecule has 9 heteroatoms. The lowest BCUT2D eigenvalue weighted by Crippen LogP contribution is -2.13. The molecule has 0 saturated carbocycles. The Kier molecular flexibility index (Phi) is 5.39. The van der Waals surface area contributed by atoms with Gasteiger partial charge in [-0.2, -0.15) is 18.3 Å². The van der Waals surface area contributed by atoms with E-state index in [4.69, 9.17) is 4.74 Å². The summed E-state index contributed by atoms with van der Waals surface area (Å²) < 4.78 is 45.5. The Morgan fingerprint density at radius 2 is 1.71 bits per heavy atom. The Morgan fingerprint density at radius 3 is 2.40 bits per heavy atom. The van der Waals surface area contributed by atoms with E-state index in [2.05, 4.69) is 10.4 Å². The molecule has 1 N–H and O–H groups in total. The van der Waals surface area contributed by atoms with Crippen molar-refractivity contribution in [1.82, 2.24) is 9.78 Å². The van der Waals surface area contributed by atoms with Crippen molar-refractivity contribution >= 4 is 17.6 Å². The lowest BCUT2D eigenvalue weighted by atomic mass is 10.1. The molecule has 3 aromatic carbocycles. The first-order valence-electron chi connectivity index (χ1n) is 10.7. The maximum absolute atomic E-state index is 13.0. The summed E-state index contributed by atoms with van der Waals surface area (Å²) in [5, 5.41) is 7.15. The quantitative estimate of drug-likeness (QED) is 0.378. The average Bonchev–Trinajstić information content (AvgIpc) is 3.43. The van der Waals surface area contributed by atoms with Gasteiger partial charge in [0.05, 0.1) is 22.5 Å². The molecule has 0 radical (unpaired) electrons. The molecule has 0 bridgehead atoms. The molecule has 176 valence electrons. The lowest BCUT2D eigenvalue weighted by molar-refractivity contribution is -0.137. The van der Waals surface area contributed by atoms with Crippen molar-refractivity contribution in [2.24, 2.45) is 0 Å². The second-order valence-corrected chi connectivity index (χ2v) is 8.14. The van der Waals surface area contributed by atoms with Crippen molar-refractivity contribution < 1.29 is 27.5 Å². The Morgan fingerprint density at radius 1 is 1.00 bits per heavy atom. The van der Waals surface area contributed by atoms with Crippen LogP contribution in [0.5, 0.6) is 0 Å². The molecule has 0 aliphatic carbocycles. The molecule has 5 rings (SSSR count). The third-order valence-corrected chi connectivity index (χ3v) is 5.67. The number of nitrogens with one attached hydrogen (secondary N) is 1. The van der Waals surface area contributed by atoms with Crippen LogP contribution in [-0.2, 0) is 17.5 Å². The summed E-state index contributed by atoms with van der Waals surface area (Å²) >= 11 is 0. The summed E-state index contributed by atoms with van der Waals surface area (Å²) in [6.45, 7) is 2.07. The van der Waals surface area contributed by atoms with Crippen LogP contribution in [0.15, 0.2) is 72.8 Å². The van der Waals surface area contributed by atoms with E-state index in [1.807, 2.05) is 31.2 Å². The zero-order chi connectivity index (χ0) is 24.7. The molecule has 1 aromatic heterocycles. The predicted molar refractivity (Wildman–Crippen MR) is 122 cm³/mol. The highest BCUT2D eigenvalue weighted by molar-refractivity contribution is 6.04. The van der Waals surface area contributed by atoms with Gasteiger partial charge in [0.2, 0.25) is 0 Å². The van der Waals surface area contributed by atoms with Gasteiger partial charge in [-0.05, 0) is 55.5 Å². The highest BCUT2D eigenvalue weighted by Crippen LogP contribution is 2.31. The van der Waals surface area contributed by atoms with E-state index >= 15 is 0 Å². The van der Waals surface area contributed by atoms with Gasteiger partial charge in [-0.15, -0.1) is 0 Å². The van der Waals surface area contributed by atoms with Crippen molar-refractivity contribution in [3.05, 3.63) is 101 Å². The number of fused-ring (bicyclic) bond motifs is 1. The average molecular weight is 477 g/mol. The number of nitrogens with zero attached hydrogens (tertiary/aromatic N) is 2. The van der Waals surface area contributed by atoms with E-state index in [1.165, 1.54) is 16.8 Å². The van der Waals surface area contributed by atoms with Crippen LogP contribution in [0.3, 0.4) is 0 Å². The first kappa shape index (κ1) is 22.4. The fourth-order valence-corrected chi connectivity index (χ4v) is 3.82. The van der Waals surface area contributed by atoms with Gasteiger partial charge >= 0.3 is 12.1 Å². The van der Waals surface area contributed by atoms with E-state index < -0.39 is 23.6 Å². The number of rotatable bonds is 4. The van der Waals surface area contributed by atoms with Crippen LogP contribution in [0.25, 0.3) is 16.9 Å². The number of halogens is 3. The Hall–Kier alpha value is -4.40. The van der Waals surface area contributed by atoms with Gasteiger partial charge in [0, 0.05) is 16.8 Å². The molecule has 6 nitrogen and oxygen atoms in total. The lowest BCUT2D eigenvalue weighted by Gasteiger charge is -2.10. The van der Waals surface area contributed by atoms with Crippen LogP contribution in [0, 0.1) is 6.92 Å². The number of esters is 1. The van der Waals surface area contributed by atoms with Gasteiger partial charge in [-0.3, -0.25) is 4.79 Å². The van der Waals surface area contributed by atoms with E-state index in [0.717, 1.165) is 23.3 Å². The van der Waals surface area contributed by atoms with Gasteiger partial charge in [0.15, 0.2) is 5.69 Å². The van der Waals surface area contributed by atoms with E-state index in [0.29, 0.717) is 28.2 Å². The number of ether oxygens (including phenoxy) is 1. The number of cyclic esters (lactones) is 1. The molecule has 0 fully saturated rings. The van der Waals surface area contributed by atoms with Crippen LogP contribution >= 0.6 is 0 Å². The second-order valence-electron chi connectivity index (χ2n) is 8.14. The number of anilines is 1. The molecule has 1 aliphatic rings. The Balaban J connectivity index is 1.50. The predicted octanol–water partition coefficient (Wildman–Crippen LogP) is 5.79. The zero-order valence-electron chi connectivity index (χ0n) is 18.4. The van der Waals surface area contributed by atoms with Crippen LogP contribution in [-0.4, -0.2) is 21.7 Å². The number of carbonyl (C=O) groups is 2. The molecule has 1 aliphatic heterocycles. The third kappa shape index (κ3) is 4.40. The molecular weight excluding hydrogens is 459 g/mol. The smallest absolute Gasteiger partial charge is 0.416 e. The van der Waals surface area contributed by atoms with Crippen molar-refractivity contribution in [1.29, 1.82) is 0 Å². The first-order chi connectivity index (χ1) is 16.7. The first-order valence-corrected chi connectivity index (χ1v) is 10.7. The largest absolute Gasteiger partial charge is 0.457 e. The monoisotopic (exact) mass is 477 g/mol. The number of benzene rings is 3. The highest BCUT2D eigenvalue weighted by Gasteiger charge is 2.30. The van der Waals surface area contributed by atoms with E-state index in [9.17, 15) is 22.8 Å². The van der Waals surface area contributed by atoms with Gasteiger partial charge in [0.25, 0.3) is 5.91 Å². The summed E-state index contributed by atoms with van der Waals surface area (Å²) in [7, 11) is 0. The van der Waals surface area contributed by atoms with Crippen molar-refractivity contribution in [2.75, 3.05) is 5.32 Å². The number of hydrogen-bond donors (Lipinski definition) is 1. The molecular formula is C26H18F3N3O3. The molecule has 0 unspecified atom stereocenters. The number of carbonyl (C=O) groups excluding carboxylic acids is 2. The molecule has 35 heavy (non-hydrogen) atoms.